The number of nitrogens with zero attached hydrogens (tertiary/aromatic N) is 3. The molecule has 3 heterocycles. The quantitative estimate of drug-likeness (QED) is 0.306. The number of pyridine rings is 1. The Morgan fingerprint density at radius 2 is 1.65 bits per heavy atom. The van der Waals surface area contributed by atoms with E-state index in [0.29, 0.717) is 5.11 Å². The minimum Gasteiger partial charge on any atom is -0.497 e. The van der Waals surface area contributed by atoms with Gasteiger partial charge in [-0.3, -0.25) is 4.98 Å². The zero-order valence-corrected chi connectivity index (χ0v) is 22.9. The Kier molecular flexibility index (Phi) is 6.65. The first-order valence-electron chi connectivity index (χ1n) is 12.3. The summed E-state index contributed by atoms with van der Waals surface area (Å²) >= 11 is 5.97. The van der Waals surface area contributed by atoms with Crippen LogP contribution >= 0.6 is 12.2 Å². The number of aromatic nitrogens is 2. The van der Waals surface area contributed by atoms with Crippen molar-refractivity contribution in [3.05, 3.63) is 101 Å². The molecule has 0 bridgehead atoms. The van der Waals surface area contributed by atoms with E-state index in [1.54, 1.807) is 14.2 Å². The molecule has 2 aromatic carbocycles. The molecule has 2 aromatic heterocycles. The minimum absolute atomic E-state index is 0.156. The smallest absolute Gasteiger partial charge is 0.174 e. The molecule has 190 valence electrons. The van der Waals surface area contributed by atoms with Crippen molar-refractivity contribution in [2.45, 2.75) is 39.8 Å². The highest BCUT2D eigenvalue weighted by molar-refractivity contribution is 7.80. The Labute approximate surface area is 223 Å². The third-order valence-electron chi connectivity index (χ3n) is 7.20. The van der Waals surface area contributed by atoms with Crippen molar-refractivity contribution in [3.63, 3.8) is 0 Å². The van der Waals surface area contributed by atoms with Gasteiger partial charge in [0, 0.05) is 23.7 Å². The van der Waals surface area contributed by atoms with Gasteiger partial charge >= 0.3 is 0 Å². The van der Waals surface area contributed by atoms with Crippen LogP contribution in [0, 0.1) is 27.7 Å². The van der Waals surface area contributed by atoms with Crippen LogP contribution in [-0.2, 0) is 0 Å². The Hall–Kier alpha value is -3.84. The van der Waals surface area contributed by atoms with Gasteiger partial charge in [-0.15, -0.1) is 0 Å². The van der Waals surface area contributed by atoms with Gasteiger partial charge in [0.1, 0.15) is 11.5 Å². The largest absolute Gasteiger partial charge is 0.497 e. The molecule has 1 N–H and O–H groups in total. The maximum absolute atomic E-state index is 5.97. The molecule has 4 aromatic rings. The zero-order chi connectivity index (χ0) is 26.3. The molecule has 0 aliphatic carbocycles. The molecule has 1 aliphatic rings. The van der Waals surface area contributed by atoms with Crippen LogP contribution in [0.4, 0.5) is 5.69 Å². The van der Waals surface area contributed by atoms with Gasteiger partial charge in [0.05, 0.1) is 43.4 Å². The number of ether oxygens (including phenoxy) is 2. The van der Waals surface area contributed by atoms with Crippen LogP contribution in [0.15, 0.2) is 66.9 Å². The summed E-state index contributed by atoms with van der Waals surface area (Å²) in [4.78, 5) is 6.85. The van der Waals surface area contributed by atoms with Crippen LogP contribution in [0.2, 0.25) is 0 Å². The molecule has 0 radical (unpaired) electrons. The first-order chi connectivity index (χ1) is 17.8. The second-order valence-corrected chi connectivity index (χ2v) is 9.82. The van der Waals surface area contributed by atoms with Gasteiger partial charge in [-0.25, -0.2) is 0 Å². The van der Waals surface area contributed by atoms with Crippen molar-refractivity contribution in [3.8, 4) is 17.2 Å². The minimum atomic E-state index is -0.160. The second kappa shape index (κ2) is 9.90. The van der Waals surface area contributed by atoms with E-state index in [1.165, 1.54) is 33.8 Å². The molecule has 0 amide bonds. The lowest BCUT2D eigenvalue weighted by Crippen LogP contribution is -2.30. The fourth-order valence-electron chi connectivity index (χ4n) is 5.50. The van der Waals surface area contributed by atoms with Gasteiger partial charge in [0.2, 0.25) is 0 Å². The van der Waals surface area contributed by atoms with Crippen molar-refractivity contribution in [2.24, 2.45) is 0 Å². The maximum atomic E-state index is 5.97. The van der Waals surface area contributed by atoms with E-state index in [2.05, 4.69) is 66.7 Å². The monoisotopic (exact) mass is 512 g/mol. The number of anilines is 1. The van der Waals surface area contributed by atoms with Crippen molar-refractivity contribution < 1.29 is 9.47 Å². The molecule has 1 fully saturated rings. The molecular weight excluding hydrogens is 480 g/mol. The standard InChI is InChI=1S/C30H32N4O2S/c1-18-10-9-11-19(2)28(18)33-20(3)16-23(21(33)4)29-27(24-12-7-8-15-31-24)32-30(37)34(29)25-17-22(35-5)13-14-26(25)36-6/h7-17,27,29H,1-6H3,(H,32,37)/t27-,29+/m1/s1. The van der Waals surface area contributed by atoms with Gasteiger partial charge in [-0.05, 0) is 86.9 Å². The summed E-state index contributed by atoms with van der Waals surface area (Å²) in [5, 5.41) is 4.18. The summed E-state index contributed by atoms with van der Waals surface area (Å²) in [6.45, 7) is 8.68. The zero-order valence-electron chi connectivity index (χ0n) is 22.1. The first kappa shape index (κ1) is 24.8. The third-order valence-corrected chi connectivity index (χ3v) is 7.51. The summed E-state index contributed by atoms with van der Waals surface area (Å²) in [6.07, 6.45) is 1.83. The fourth-order valence-corrected chi connectivity index (χ4v) is 5.84. The predicted molar refractivity (Wildman–Crippen MR) is 152 cm³/mol. The molecule has 0 saturated carbocycles. The molecule has 6 nitrogen and oxygen atoms in total. The van der Waals surface area contributed by atoms with E-state index < -0.39 is 0 Å². The lowest BCUT2D eigenvalue weighted by Gasteiger charge is -2.29. The predicted octanol–water partition coefficient (Wildman–Crippen LogP) is 6.30. The number of hydrogen-bond donors (Lipinski definition) is 1. The van der Waals surface area contributed by atoms with Crippen molar-refractivity contribution in [1.82, 2.24) is 14.9 Å². The molecule has 0 unspecified atom stereocenters. The fraction of sp³-hybridized carbons (Fsp3) is 0.267. The highest BCUT2D eigenvalue weighted by Crippen LogP contribution is 2.47. The van der Waals surface area contributed by atoms with Gasteiger partial charge < -0.3 is 24.3 Å². The van der Waals surface area contributed by atoms with Crippen LogP contribution in [-0.4, -0.2) is 28.9 Å². The lowest BCUT2D eigenvalue weighted by atomic mass is 9.96. The van der Waals surface area contributed by atoms with Gasteiger partial charge in [-0.1, -0.05) is 24.3 Å². The summed E-state index contributed by atoms with van der Waals surface area (Å²) in [5.74, 6) is 1.46. The van der Waals surface area contributed by atoms with E-state index >= 15 is 0 Å². The molecule has 2 atom stereocenters. The Balaban J connectivity index is 1.74. The SMILES string of the molecule is COc1ccc(OC)c(N2C(=S)N[C@H](c3ccccn3)[C@@H]2c2cc(C)n(-c3c(C)cccc3C)c2C)c1. The number of thiocarbonyl (C=S) groups is 1. The highest BCUT2D eigenvalue weighted by atomic mass is 32.1. The lowest BCUT2D eigenvalue weighted by molar-refractivity contribution is 0.403. The molecular formula is C30H32N4O2S. The summed E-state index contributed by atoms with van der Waals surface area (Å²) in [6, 6.07) is 20.2. The molecule has 1 aliphatic heterocycles. The third kappa shape index (κ3) is 4.23. The van der Waals surface area contributed by atoms with Gasteiger partial charge in [0.25, 0.3) is 0 Å². The average Bonchev–Trinajstić information content (AvgIpc) is 3.39. The highest BCUT2D eigenvalue weighted by Gasteiger charge is 2.43. The Bertz CT molecular complexity index is 1440. The second-order valence-electron chi connectivity index (χ2n) is 9.44. The van der Waals surface area contributed by atoms with Crippen molar-refractivity contribution in [2.75, 3.05) is 19.1 Å². The van der Waals surface area contributed by atoms with Crippen LogP contribution in [0.1, 0.15) is 45.9 Å². The van der Waals surface area contributed by atoms with E-state index in [4.69, 9.17) is 26.7 Å². The van der Waals surface area contributed by atoms with Gasteiger partial charge in [-0.2, -0.15) is 0 Å². The first-order valence-corrected chi connectivity index (χ1v) is 12.7. The molecule has 37 heavy (non-hydrogen) atoms. The number of rotatable bonds is 6. The Morgan fingerprint density at radius 1 is 0.892 bits per heavy atom. The number of aryl methyl sites for hydroxylation is 3. The van der Waals surface area contributed by atoms with Gasteiger partial charge in [0.15, 0.2) is 5.11 Å². The summed E-state index contributed by atoms with van der Waals surface area (Å²) in [7, 11) is 3.34. The van der Waals surface area contributed by atoms with E-state index in [0.717, 1.165) is 22.9 Å². The van der Waals surface area contributed by atoms with E-state index in [9.17, 15) is 0 Å². The van der Waals surface area contributed by atoms with Crippen LogP contribution in [0.25, 0.3) is 5.69 Å². The molecule has 1 saturated heterocycles. The molecule has 0 spiro atoms. The summed E-state index contributed by atoms with van der Waals surface area (Å²) < 4.78 is 13.7. The van der Waals surface area contributed by atoms with Crippen LogP contribution in [0.3, 0.4) is 0 Å². The van der Waals surface area contributed by atoms with Crippen molar-refractivity contribution >= 4 is 23.0 Å². The van der Waals surface area contributed by atoms with Crippen LogP contribution < -0.4 is 19.7 Å². The normalized spacial score (nSPS) is 17.1. The number of methoxy groups -OCH3 is 2. The van der Waals surface area contributed by atoms with E-state index in [-0.39, 0.29) is 12.1 Å². The molecule has 5 rings (SSSR count). The van der Waals surface area contributed by atoms with E-state index in [1.807, 2.05) is 42.6 Å². The van der Waals surface area contributed by atoms with Crippen LogP contribution in [0.5, 0.6) is 11.5 Å². The molecule has 7 heteroatoms. The number of nitrogens with one attached hydrogen (secondary N) is 1. The summed E-state index contributed by atoms with van der Waals surface area (Å²) in [5.41, 5.74) is 8.97. The number of para-hydroxylation sites is 1. The average molecular weight is 513 g/mol. The number of benzene rings is 2. The topological polar surface area (TPSA) is 51.6 Å². The van der Waals surface area contributed by atoms with Crippen molar-refractivity contribution in [1.29, 1.82) is 0 Å². The maximum Gasteiger partial charge on any atom is 0.174 e. The number of hydrogen-bond acceptors (Lipinski definition) is 4. The Morgan fingerprint density at radius 3 is 2.30 bits per heavy atom.